The Kier molecular flexibility index (Phi) is 6.29. The van der Waals surface area contributed by atoms with Gasteiger partial charge in [-0.15, -0.1) is 11.8 Å². The van der Waals surface area contributed by atoms with Gasteiger partial charge in [0.25, 0.3) is 0 Å². The standard InChI is InChI=1S/C20H17ClN4O4S/c21-13-5-6-15-14(9-13)23-20(27)16(30-15)10-18(26)28-8-2-4-17-24-19(25-29-17)12-3-1-7-22-11-12/h1,3,5-7,9,11,16H,2,4,8,10H2,(H,23,27). The molecule has 1 aliphatic rings. The lowest BCUT2D eigenvalue weighted by molar-refractivity contribution is -0.144. The van der Waals surface area contributed by atoms with Gasteiger partial charge in [-0.25, -0.2) is 0 Å². The first kappa shape index (κ1) is 20.4. The fourth-order valence-electron chi connectivity index (χ4n) is 2.85. The summed E-state index contributed by atoms with van der Waals surface area (Å²) in [4.78, 5) is 33.5. The molecule has 1 atom stereocenters. The van der Waals surface area contributed by atoms with Crippen LogP contribution in [0.25, 0.3) is 11.4 Å². The van der Waals surface area contributed by atoms with Gasteiger partial charge < -0.3 is 14.6 Å². The second-order valence-corrected chi connectivity index (χ2v) is 8.20. The lowest BCUT2D eigenvalue weighted by atomic mass is 10.2. The molecule has 0 aliphatic carbocycles. The molecule has 1 unspecified atom stereocenters. The number of amides is 1. The smallest absolute Gasteiger partial charge is 0.307 e. The fourth-order valence-corrected chi connectivity index (χ4v) is 4.09. The third kappa shape index (κ3) is 4.98. The number of anilines is 1. The summed E-state index contributed by atoms with van der Waals surface area (Å²) in [5.74, 6) is 0.265. The number of nitrogens with zero attached hydrogens (tertiary/aromatic N) is 3. The number of esters is 1. The second kappa shape index (κ2) is 9.27. The zero-order valence-electron chi connectivity index (χ0n) is 15.7. The quantitative estimate of drug-likeness (QED) is 0.433. The van der Waals surface area contributed by atoms with Crippen LogP contribution in [0.5, 0.6) is 0 Å². The van der Waals surface area contributed by atoms with Crippen LogP contribution in [-0.4, -0.2) is 38.9 Å². The van der Waals surface area contributed by atoms with Gasteiger partial charge in [-0.05, 0) is 36.8 Å². The number of nitrogens with one attached hydrogen (secondary N) is 1. The number of aromatic nitrogens is 3. The van der Waals surface area contributed by atoms with Crippen molar-refractivity contribution < 1.29 is 18.8 Å². The number of carbonyl (C=O) groups is 2. The third-order valence-corrected chi connectivity index (χ3v) is 5.81. The van der Waals surface area contributed by atoms with E-state index >= 15 is 0 Å². The molecule has 4 rings (SSSR count). The van der Waals surface area contributed by atoms with Gasteiger partial charge >= 0.3 is 5.97 Å². The summed E-state index contributed by atoms with van der Waals surface area (Å²) in [5, 5.41) is 6.70. The van der Waals surface area contributed by atoms with E-state index in [1.165, 1.54) is 11.8 Å². The van der Waals surface area contributed by atoms with Crippen molar-refractivity contribution in [3.63, 3.8) is 0 Å². The number of carbonyl (C=O) groups excluding carboxylic acids is 2. The highest BCUT2D eigenvalue weighted by molar-refractivity contribution is 8.01. The van der Waals surface area contributed by atoms with Crippen molar-refractivity contribution >= 4 is 40.9 Å². The van der Waals surface area contributed by atoms with Gasteiger partial charge in [-0.3, -0.25) is 14.6 Å². The van der Waals surface area contributed by atoms with Crippen LogP contribution in [-0.2, 0) is 20.7 Å². The number of aryl methyl sites for hydroxylation is 1. The molecular formula is C20H17ClN4O4S. The van der Waals surface area contributed by atoms with Crippen molar-refractivity contribution in [3.05, 3.63) is 53.6 Å². The van der Waals surface area contributed by atoms with Crippen molar-refractivity contribution in [1.82, 2.24) is 15.1 Å². The Morgan fingerprint density at radius 2 is 2.23 bits per heavy atom. The van der Waals surface area contributed by atoms with E-state index in [-0.39, 0.29) is 18.9 Å². The first-order chi connectivity index (χ1) is 14.6. The molecule has 2 aromatic heterocycles. The van der Waals surface area contributed by atoms with Crippen molar-refractivity contribution in [2.45, 2.75) is 29.4 Å². The number of ether oxygens (including phenoxy) is 1. The summed E-state index contributed by atoms with van der Waals surface area (Å²) in [6.45, 7) is 0.203. The van der Waals surface area contributed by atoms with E-state index in [9.17, 15) is 9.59 Å². The molecule has 0 saturated heterocycles. The van der Waals surface area contributed by atoms with E-state index in [4.69, 9.17) is 20.9 Å². The van der Waals surface area contributed by atoms with Gasteiger partial charge in [0, 0.05) is 34.3 Å². The van der Waals surface area contributed by atoms with Gasteiger partial charge in [0.05, 0.1) is 24.0 Å². The number of thioether (sulfide) groups is 1. The Balaban J connectivity index is 1.22. The van der Waals surface area contributed by atoms with Crippen LogP contribution in [0.15, 0.2) is 52.1 Å². The minimum atomic E-state index is -0.538. The summed E-state index contributed by atoms with van der Waals surface area (Å²) in [6, 6.07) is 8.90. The van der Waals surface area contributed by atoms with Crippen molar-refractivity contribution in [1.29, 1.82) is 0 Å². The normalized spacial score (nSPS) is 15.4. The van der Waals surface area contributed by atoms with E-state index in [1.54, 1.807) is 30.6 Å². The van der Waals surface area contributed by atoms with E-state index in [0.29, 0.717) is 35.3 Å². The first-order valence-corrected chi connectivity index (χ1v) is 10.5. The van der Waals surface area contributed by atoms with Crippen LogP contribution in [0.3, 0.4) is 0 Å². The summed E-state index contributed by atoms with van der Waals surface area (Å²) in [7, 11) is 0. The molecular weight excluding hydrogens is 428 g/mol. The van der Waals surface area contributed by atoms with Crippen LogP contribution in [0.1, 0.15) is 18.7 Å². The summed E-state index contributed by atoms with van der Waals surface area (Å²) < 4.78 is 10.5. The van der Waals surface area contributed by atoms with Gasteiger partial charge in [0.15, 0.2) is 0 Å². The van der Waals surface area contributed by atoms with Crippen LogP contribution in [0, 0.1) is 0 Å². The molecule has 8 nitrogen and oxygen atoms in total. The number of rotatable bonds is 7. The average molecular weight is 445 g/mol. The minimum absolute atomic E-state index is 0.00964. The van der Waals surface area contributed by atoms with Crippen molar-refractivity contribution in [2.75, 3.05) is 11.9 Å². The topological polar surface area (TPSA) is 107 Å². The molecule has 1 N–H and O–H groups in total. The van der Waals surface area contributed by atoms with Gasteiger partial charge in [0.2, 0.25) is 17.6 Å². The second-order valence-electron chi connectivity index (χ2n) is 6.52. The number of fused-ring (bicyclic) bond motifs is 1. The molecule has 10 heteroatoms. The number of hydrogen-bond acceptors (Lipinski definition) is 8. The van der Waals surface area contributed by atoms with Crippen LogP contribution >= 0.6 is 23.4 Å². The molecule has 0 radical (unpaired) electrons. The Morgan fingerprint density at radius 1 is 1.33 bits per heavy atom. The maximum Gasteiger partial charge on any atom is 0.307 e. The molecule has 0 fully saturated rings. The van der Waals surface area contributed by atoms with Gasteiger partial charge in [-0.2, -0.15) is 4.98 Å². The third-order valence-electron chi connectivity index (χ3n) is 4.30. The summed E-state index contributed by atoms with van der Waals surface area (Å²) in [5.41, 5.74) is 1.43. The largest absolute Gasteiger partial charge is 0.466 e. The van der Waals surface area contributed by atoms with E-state index in [2.05, 4.69) is 20.4 Å². The number of benzene rings is 1. The molecule has 3 heterocycles. The van der Waals surface area contributed by atoms with Crippen LogP contribution in [0.4, 0.5) is 5.69 Å². The Hall–Kier alpha value is -2.91. The van der Waals surface area contributed by atoms with E-state index in [1.807, 2.05) is 12.1 Å². The monoisotopic (exact) mass is 444 g/mol. The Labute approximate surface area is 181 Å². The Morgan fingerprint density at radius 3 is 3.07 bits per heavy atom. The highest BCUT2D eigenvalue weighted by atomic mass is 35.5. The summed E-state index contributed by atoms with van der Waals surface area (Å²) in [6.07, 6.45) is 4.33. The van der Waals surface area contributed by atoms with E-state index < -0.39 is 11.2 Å². The summed E-state index contributed by atoms with van der Waals surface area (Å²) >= 11 is 7.27. The average Bonchev–Trinajstić information content (AvgIpc) is 3.22. The lowest BCUT2D eigenvalue weighted by Crippen LogP contribution is -2.31. The molecule has 0 saturated carbocycles. The van der Waals surface area contributed by atoms with Gasteiger partial charge in [0.1, 0.15) is 0 Å². The molecule has 0 bridgehead atoms. The van der Waals surface area contributed by atoms with E-state index in [0.717, 1.165) is 10.5 Å². The maximum absolute atomic E-state index is 12.2. The SMILES string of the molecule is O=C(CC1Sc2ccc(Cl)cc2NC1=O)OCCCc1nc(-c2cccnc2)no1. The predicted octanol–water partition coefficient (Wildman–Crippen LogP) is 3.76. The molecule has 1 aromatic carbocycles. The van der Waals surface area contributed by atoms with Crippen LogP contribution < -0.4 is 5.32 Å². The molecule has 1 amide bonds. The van der Waals surface area contributed by atoms with Crippen molar-refractivity contribution in [3.8, 4) is 11.4 Å². The minimum Gasteiger partial charge on any atom is -0.466 e. The van der Waals surface area contributed by atoms with Crippen LogP contribution in [0.2, 0.25) is 5.02 Å². The first-order valence-electron chi connectivity index (χ1n) is 9.24. The maximum atomic E-state index is 12.2. The highest BCUT2D eigenvalue weighted by Gasteiger charge is 2.29. The zero-order valence-corrected chi connectivity index (χ0v) is 17.3. The Bertz CT molecular complexity index is 1060. The zero-order chi connectivity index (χ0) is 20.9. The highest BCUT2D eigenvalue weighted by Crippen LogP contribution is 2.38. The molecule has 1 aliphatic heterocycles. The molecule has 30 heavy (non-hydrogen) atoms. The van der Waals surface area contributed by atoms with Crippen molar-refractivity contribution in [2.24, 2.45) is 0 Å². The molecule has 154 valence electrons. The lowest BCUT2D eigenvalue weighted by Gasteiger charge is -2.23. The predicted molar refractivity (Wildman–Crippen MR) is 111 cm³/mol. The number of halogens is 1. The molecule has 3 aromatic rings. The number of hydrogen-bond donors (Lipinski definition) is 1. The molecule has 0 spiro atoms. The van der Waals surface area contributed by atoms with Gasteiger partial charge in [-0.1, -0.05) is 16.8 Å². The fraction of sp³-hybridized carbons (Fsp3) is 0.250. The number of pyridine rings is 1.